The fourth-order valence-electron chi connectivity index (χ4n) is 1.98. The summed E-state index contributed by atoms with van der Waals surface area (Å²) in [6.07, 6.45) is -4.29. The molecule has 1 aromatic carbocycles. The van der Waals surface area contributed by atoms with Crippen molar-refractivity contribution in [3.05, 3.63) is 29.8 Å². The molecule has 0 saturated carbocycles. The number of piperazine rings is 1. The van der Waals surface area contributed by atoms with E-state index in [0.717, 1.165) is 38.3 Å². The molecule has 1 aliphatic rings. The molecule has 0 spiro atoms. The number of benzene rings is 1. The highest BCUT2D eigenvalue weighted by atomic mass is 35.5. The summed E-state index contributed by atoms with van der Waals surface area (Å²) in [5.41, 5.74) is 1.08. The Morgan fingerprint density at radius 1 is 1.05 bits per heavy atom. The van der Waals surface area contributed by atoms with Crippen LogP contribution in [0.15, 0.2) is 24.3 Å². The van der Waals surface area contributed by atoms with Crippen LogP contribution in [0.2, 0.25) is 0 Å². The van der Waals surface area contributed by atoms with E-state index in [9.17, 15) is 13.2 Å². The fraction of sp³-hybridized carbons (Fsp3) is 0.538. The molecule has 1 fully saturated rings. The Balaban J connectivity index is 0.00000200. The van der Waals surface area contributed by atoms with Crippen LogP contribution in [-0.2, 0) is 6.54 Å². The van der Waals surface area contributed by atoms with Crippen molar-refractivity contribution in [1.82, 2.24) is 10.2 Å². The first-order valence-electron chi connectivity index (χ1n) is 6.24. The van der Waals surface area contributed by atoms with Crippen molar-refractivity contribution >= 4 is 24.8 Å². The van der Waals surface area contributed by atoms with E-state index in [0.29, 0.717) is 0 Å². The molecule has 0 bridgehead atoms. The summed E-state index contributed by atoms with van der Waals surface area (Å²) in [6.45, 7) is 3.52. The molecule has 0 amide bonds. The maximum atomic E-state index is 12.0. The predicted molar refractivity (Wildman–Crippen MR) is 80.6 cm³/mol. The number of nitrogens with one attached hydrogen (secondary N) is 1. The van der Waals surface area contributed by atoms with Gasteiger partial charge in [0.05, 0.1) is 0 Å². The normalized spacial score (nSPS) is 15.8. The zero-order valence-corrected chi connectivity index (χ0v) is 13.0. The number of nitrogens with zero attached hydrogens (tertiary/aromatic N) is 1. The van der Waals surface area contributed by atoms with Crippen molar-refractivity contribution in [3.8, 4) is 5.75 Å². The third-order valence-corrected chi connectivity index (χ3v) is 2.94. The van der Waals surface area contributed by atoms with Crippen molar-refractivity contribution in [3.63, 3.8) is 0 Å². The monoisotopic (exact) mass is 346 g/mol. The van der Waals surface area contributed by atoms with Gasteiger partial charge in [0.15, 0.2) is 6.61 Å². The first-order chi connectivity index (χ1) is 9.03. The van der Waals surface area contributed by atoms with E-state index in [-0.39, 0.29) is 30.6 Å². The molecule has 0 unspecified atom stereocenters. The van der Waals surface area contributed by atoms with E-state index in [1.54, 1.807) is 12.1 Å². The Morgan fingerprint density at radius 3 is 2.14 bits per heavy atom. The lowest BCUT2D eigenvalue weighted by Gasteiger charge is -2.27. The zero-order valence-electron chi connectivity index (χ0n) is 11.4. The molecule has 0 aliphatic carbocycles. The van der Waals surface area contributed by atoms with Gasteiger partial charge in [-0.1, -0.05) is 12.1 Å². The minimum atomic E-state index is -4.29. The Hall–Kier alpha value is -0.690. The van der Waals surface area contributed by atoms with Gasteiger partial charge in [-0.15, -0.1) is 24.8 Å². The number of halogens is 5. The molecule has 1 saturated heterocycles. The molecule has 3 nitrogen and oxygen atoms in total. The first-order valence-corrected chi connectivity index (χ1v) is 6.24. The summed E-state index contributed by atoms with van der Waals surface area (Å²) in [4.78, 5) is 2.31. The Labute approximate surface area is 134 Å². The van der Waals surface area contributed by atoms with Crippen molar-refractivity contribution < 1.29 is 17.9 Å². The molecule has 0 radical (unpaired) electrons. The van der Waals surface area contributed by atoms with Gasteiger partial charge in [-0.25, -0.2) is 0 Å². The molecular formula is C13H19Cl2F3N2O. The molecule has 0 aromatic heterocycles. The van der Waals surface area contributed by atoms with Crippen LogP contribution in [0.4, 0.5) is 13.2 Å². The number of ether oxygens (including phenoxy) is 1. The summed E-state index contributed by atoms with van der Waals surface area (Å²) >= 11 is 0. The van der Waals surface area contributed by atoms with E-state index >= 15 is 0 Å². The van der Waals surface area contributed by atoms with Crippen LogP contribution in [0.25, 0.3) is 0 Å². The fourth-order valence-corrected chi connectivity index (χ4v) is 1.98. The zero-order chi connectivity index (χ0) is 13.7. The van der Waals surface area contributed by atoms with Crippen LogP contribution in [0.1, 0.15) is 5.56 Å². The molecule has 0 atom stereocenters. The van der Waals surface area contributed by atoms with Crippen molar-refractivity contribution in [2.75, 3.05) is 32.8 Å². The molecule has 1 aromatic rings. The van der Waals surface area contributed by atoms with Gasteiger partial charge in [-0.05, 0) is 17.7 Å². The smallest absolute Gasteiger partial charge is 0.422 e. The number of alkyl halides is 3. The van der Waals surface area contributed by atoms with Crippen molar-refractivity contribution in [2.45, 2.75) is 12.7 Å². The van der Waals surface area contributed by atoms with Crippen LogP contribution < -0.4 is 10.1 Å². The van der Waals surface area contributed by atoms with Gasteiger partial charge in [0.25, 0.3) is 0 Å². The van der Waals surface area contributed by atoms with Gasteiger partial charge in [0, 0.05) is 32.7 Å². The standard InChI is InChI=1S/C13H17F3N2O.2ClH/c14-13(15,16)10-19-12-3-1-11(2-4-12)9-18-7-5-17-6-8-18;;/h1-4,17H,5-10H2;2*1H. The van der Waals surface area contributed by atoms with Gasteiger partial charge >= 0.3 is 6.18 Å². The maximum absolute atomic E-state index is 12.0. The van der Waals surface area contributed by atoms with Crippen LogP contribution in [0.3, 0.4) is 0 Å². The molecule has 1 N–H and O–H groups in total. The minimum Gasteiger partial charge on any atom is -0.484 e. The molecule has 122 valence electrons. The third kappa shape index (κ3) is 7.76. The number of rotatable bonds is 4. The van der Waals surface area contributed by atoms with Crippen molar-refractivity contribution in [1.29, 1.82) is 0 Å². The highest BCUT2D eigenvalue weighted by molar-refractivity contribution is 5.85. The van der Waals surface area contributed by atoms with E-state index in [4.69, 9.17) is 0 Å². The average molecular weight is 347 g/mol. The van der Waals surface area contributed by atoms with Gasteiger partial charge in [-0.2, -0.15) is 13.2 Å². The Kier molecular flexibility index (Phi) is 9.04. The topological polar surface area (TPSA) is 24.5 Å². The van der Waals surface area contributed by atoms with Crippen LogP contribution in [-0.4, -0.2) is 43.9 Å². The molecule has 8 heteroatoms. The highest BCUT2D eigenvalue weighted by Gasteiger charge is 2.28. The summed E-state index contributed by atoms with van der Waals surface area (Å²) in [6, 6.07) is 6.80. The second-order valence-corrected chi connectivity index (χ2v) is 4.57. The SMILES string of the molecule is Cl.Cl.FC(F)(F)COc1ccc(CN2CCNCC2)cc1. The quantitative estimate of drug-likeness (QED) is 0.907. The lowest BCUT2D eigenvalue weighted by molar-refractivity contribution is -0.153. The van der Waals surface area contributed by atoms with E-state index in [2.05, 4.69) is 15.0 Å². The maximum Gasteiger partial charge on any atom is 0.422 e. The molecule has 1 heterocycles. The van der Waals surface area contributed by atoms with E-state index in [1.807, 2.05) is 12.1 Å². The molecule has 21 heavy (non-hydrogen) atoms. The molecule has 1 aliphatic heterocycles. The number of hydrogen-bond acceptors (Lipinski definition) is 3. The van der Waals surface area contributed by atoms with Gasteiger partial charge in [0.2, 0.25) is 0 Å². The van der Waals surface area contributed by atoms with E-state index < -0.39 is 12.8 Å². The van der Waals surface area contributed by atoms with Gasteiger partial charge < -0.3 is 10.1 Å². The Bertz CT molecular complexity index is 395. The van der Waals surface area contributed by atoms with Crippen LogP contribution in [0.5, 0.6) is 5.75 Å². The summed E-state index contributed by atoms with van der Waals surface area (Å²) in [5, 5.41) is 3.27. The van der Waals surface area contributed by atoms with Gasteiger partial charge in [0.1, 0.15) is 5.75 Å². The van der Waals surface area contributed by atoms with Gasteiger partial charge in [-0.3, -0.25) is 4.90 Å². The van der Waals surface area contributed by atoms with E-state index in [1.165, 1.54) is 0 Å². The lowest BCUT2D eigenvalue weighted by atomic mass is 10.2. The summed E-state index contributed by atoms with van der Waals surface area (Å²) in [5.74, 6) is 0.251. The van der Waals surface area contributed by atoms with Crippen LogP contribution in [0, 0.1) is 0 Å². The lowest BCUT2D eigenvalue weighted by Crippen LogP contribution is -2.42. The summed E-state index contributed by atoms with van der Waals surface area (Å²) in [7, 11) is 0. The second-order valence-electron chi connectivity index (χ2n) is 4.57. The largest absolute Gasteiger partial charge is 0.484 e. The minimum absolute atomic E-state index is 0. The van der Waals surface area contributed by atoms with Crippen LogP contribution >= 0.6 is 24.8 Å². The predicted octanol–water partition coefficient (Wildman–Crippen LogP) is 2.88. The molecule has 2 rings (SSSR count). The summed E-state index contributed by atoms with van der Waals surface area (Å²) < 4.78 is 40.6. The average Bonchev–Trinajstić information content (AvgIpc) is 2.38. The van der Waals surface area contributed by atoms with Crippen molar-refractivity contribution in [2.24, 2.45) is 0 Å². The highest BCUT2D eigenvalue weighted by Crippen LogP contribution is 2.19. The third-order valence-electron chi connectivity index (χ3n) is 2.94. The molecular weight excluding hydrogens is 328 g/mol. The second kappa shape index (κ2) is 9.35. The Morgan fingerprint density at radius 2 is 1.62 bits per heavy atom. The number of hydrogen-bond donors (Lipinski definition) is 1. The first kappa shape index (κ1) is 20.3.